The fourth-order valence-corrected chi connectivity index (χ4v) is 3.37. The molecular formula is C18H16N4O3S. The summed E-state index contributed by atoms with van der Waals surface area (Å²) in [5.74, 6) is 1.82. The van der Waals surface area contributed by atoms with Crippen LogP contribution in [-0.4, -0.2) is 27.7 Å². The molecule has 0 aliphatic carbocycles. The second kappa shape index (κ2) is 6.72. The minimum Gasteiger partial charge on any atom is -0.454 e. The van der Waals surface area contributed by atoms with Gasteiger partial charge in [0, 0.05) is 17.1 Å². The molecule has 0 unspecified atom stereocenters. The summed E-state index contributed by atoms with van der Waals surface area (Å²) in [6, 6.07) is 5.65. The second-order valence-electron chi connectivity index (χ2n) is 5.69. The molecule has 3 heterocycles. The zero-order chi connectivity index (χ0) is 18.1. The third kappa shape index (κ3) is 3.11. The van der Waals surface area contributed by atoms with Gasteiger partial charge in [-0.15, -0.1) is 11.3 Å². The highest BCUT2D eigenvalue weighted by Crippen LogP contribution is 2.36. The monoisotopic (exact) mass is 368 g/mol. The van der Waals surface area contributed by atoms with Crippen LogP contribution in [-0.2, 0) is 6.42 Å². The molecule has 1 N–H and O–H groups in total. The van der Waals surface area contributed by atoms with Crippen molar-refractivity contribution in [3.8, 4) is 22.8 Å². The van der Waals surface area contributed by atoms with Crippen LogP contribution in [0.3, 0.4) is 0 Å². The van der Waals surface area contributed by atoms with E-state index in [1.54, 1.807) is 13.1 Å². The largest absolute Gasteiger partial charge is 0.454 e. The Balaban J connectivity index is 1.54. The number of thiazole rings is 1. The van der Waals surface area contributed by atoms with Crippen molar-refractivity contribution in [3.05, 3.63) is 46.9 Å². The third-order valence-corrected chi connectivity index (χ3v) is 4.72. The van der Waals surface area contributed by atoms with E-state index >= 15 is 0 Å². The Morgan fingerprint density at radius 2 is 2.12 bits per heavy atom. The molecule has 0 saturated carbocycles. The van der Waals surface area contributed by atoms with Crippen molar-refractivity contribution in [2.75, 3.05) is 12.1 Å². The SMILES string of the molecule is CCc1nc(C)ncc1C(=O)Nc1nc(-c2ccc3c(c2)OCO3)cs1. The Morgan fingerprint density at radius 3 is 2.96 bits per heavy atom. The molecule has 8 heteroatoms. The molecule has 3 aromatic rings. The minimum absolute atomic E-state index is 0.232. The fourth-order valence-electron chi connectivity index (χ4n) is 2.66. The van der Waals surface area contributed by atoms with E-state index in [-0.39, 0.29) is 12.7 Å². The summed E-state index contributed by atoms with van der Waals surface area (Å²) in [6.45, 7) is 3.99. The molecule has 0 radical (unpaired) electrons. The molecule has 1 amide bonds. The number of hydrogen-bond acceptors (Lipinski definition) is 7. The molecule has 1 aliphatic heterocycles. The molecule has 0 bridgehead atoms. The summed E-state index contributed by atoms with van der Waals surface area (Å²) >= 11 is 1.36. The van der Waals surface area contributed by atoms with Gasteiger partial charge >= 0.3 is 0 Å². The molecule has 0 fully saturated rings. The van der Waals surface area contributed by atoms with Gasteiger partial charge in [0.15, 0.2) is 16.6 Å². The smallest absolute Gasteiger partial charge is 0.260 e. The Labute approximate surface area is 154 Å². The van der Waals surface area contributed by atoms with Gasteiger partial charge in [0.2, 0.25) is 6.79 Å². The highest BCUT2D eigenvalue weighted by atomic mass is 32.1. The summed E-state index contributed by atoms with van der Waals surface area (Å²) < 4.78 is 10.7. The normalized spacial score (nSPS) is 12.2. The van der Waals surface area contributed by atoms with E-state index in [0.717, 1.165) is 22.7 Å². The first-order valence-electron chi connectivity index (χ1n) is 8.13. The maximum absolute atomic E-state index is 12.5. The molecule has 26 heavy (non-hydrogen) atoms. The van der Waals surface area contributed by atoms with Gasteiger partial charge in [0.25, 0.3) is 5.91 Å². The van der Waals surface area contributed by atoms with Crippen LogP contribution < -0.4 is 14.8 Å². The van der Waals surface area contributed by atoms with E-state index in [4.69, 9.17) is 9.47 Å². The highest BCUT2D eigenvalue weighted by Gasteiger charge is 2.17. The lowest BCUT2D eigenvalue weighted by molar-refractivity contribution is 0.102. The predicted molar refractivity (Wildman–Crippen MR) is 97.8 cm³/mol. The zero-order valence-electron chi connectivity index (χ0n) is 14.3. The van der Waals surface area contributed by atoms with Crippen molar-refractivity contribution in [3.63, 3.8) is 0 Å². The second-order valence-corrected chi connectivity index (χ2v) is 6.55. The average molecular weight is 368 g/mol. The number of amides is 1. The van der Waals surface area contributed by atoms with Crippen LogP contribution in [0.5, 0.6) is 11.5 Å². The summed E-state index contributed by atoms with van der Waals surface area (Å²) in [4.78, 5) is 25.5. The molecule has 0 atom stereocenters. The average Bonchev–Trinajstić information content (AvgIpc) is 3.29. The van der Waals surface area contributed by atoms with Crippen LogP contribution >= 0.6 is 11.3 Å². The Hall–Kier alpha value is -3.00. The molecule has 132 valence electrons. The van der Waals surface area contributed by atoms with E-state index in [1.807, 2.05) is 30.5 Å². The summed E-state index contributed by atoms with van der Waals surface area (Å²) in [5.41, 5.74) is 2.86. The number of benzene rings is 1. The van der Waals surface area contributed by atoms with Crippen molar-refractivity contribution < 1.29 is 14.3 Å². The number of hydrogen-bond donors (Lipinski definition) is 1. The van der Waals surface area contributed by atoms with Crippen molar-refractivity contribution in [1.29, 1.82) is 0 Å². The standard InChI is InChI=1S/C18H16N4O3S/c1-3-13-12(7-19-10(2)20-13)17(23)22-18-21-14(8-26-18)11-4-5-15-16(6-11)25-9-24-15/h4-8H,3,9H2,1-2H3,(H,21,22,23). The fraction of sp³-hybridized carbons (Fsp3) is 0.222. The molecule has 7 nitrogen and oxygen atoms in total. The van der Waals surface area contributed by atoms with Crippen molar-refractivity contribution in [2.45, 2.75) is 20.3 Å². The number of ether oxygens (including phenoxy) is 2. The van der Waals surface area contributed by atoms with E-state index in [2.05, 4.69) is 20.3 Å². The summed E-state index contributed by atoms with van der Waals surface area (Å²) in [6.07, 6.45) is 2.22. The lowest BCUT2D eigenvalue weighted by Gasteiger charge is -2.06. The van der Waals surface area contributed by atoms with E-state index in [9.17, 15) is 4.79 Å². The first kappa shape index (κ1) is 16.5. The number of carbonyl (C=O) groups excluding carboxylic acids is 1. The number of aryl methyl sites for hydroxylation is 2. The van der Waals surface area contributed by atoms with Gasteiger partial charge in [-0.05, 0) is 31.5 Å². The molecule has 0 spiro atoms. The lowest BCUT2D eigenvalue weighted by atomic mass is 10.1. The number of carbonyl (C=O) groups is 1. The number of aromatic nitrogens is 3. The highest BCUT2D eigenvalue weighted by molar-refractivity contribution is 7.14. The zero-order valence-corrected chi connectivity index (χ0v) is 15.1. The van der Waals surface area contributed by atoms with Crippen LogP contribution in [0.2, 0.25) is 0 Å². The van der Waals surface area contributed by atoms with Crippen LogP contribution in [0.1, 0.15) is 28.8 Å². The number of anilines is 1. The van der Waals surface area contributed by atoms with Gasteiger partial charge < -0.3 is 9.47 Å². The number of nitrogens with zero attached hydrogens (tertiary/aromatic N) is 3. The minimum atomic E-state index is -0.256. The quantitative estimate of drug-likeness (QED) is 0.759. The summed E-state index contributed by atoms with van der Waals surface area (Å²) in [7, 11) is 0. The summed E-state index contributed by atoms with van der Waals surface area (Å²) in [5, 5.41) is 5.23. The van der Waals surface area contributed by atoms with E-state index in [1.165, 1.54) is 11.3 Å². The molecule has 2 aromatic heterocycles. The van der Waals surface area contributed by atoms with Crippen molar-refractivity contribution in [1.82, 2.24) is 15.0 Å². The number of nitrogens with one attached hydrogen (secondary N) is 1. The van der Waals surface area contributed by atoms with Gasteiger partial charge in [-0.2, -0.15) is 0 Å². The first-order chi connectivity index (χ1) is 12.6. The van der Waals surface area contributed by atoms with E-state index < -0.39 is 0 Å². The van der Waals surface area contributed by atoms with Gasteiger partial charge in [-0.1, -0.05) is 6.92 Å². The molecule has 4 rings (SSSR count). The van der Waals surface area contributed by atoms with E-state index in [0.29, 0.717) is 28.7 Å². The van der Waals surface area contributed by atoms with Crippen molar-refractivity contribution in [2.24, 2.45) is 0 Å². The Morgan fingerprint density at radius 1 is 1.27 bits per heavy atom. The number of rotatable bonds is 4. The van der Waals surface area contributed by atoms with Gasteiger partial charge in [0.05, 0.1) is 17.0 Å². The van der Waals surface area contributed by atoms with Crippen LogP contribution in [0.4, 0.5) is 5.13 Å². The van der Waals surface area contributed by atoms with Crippen LogP contribution in [0.15, 0.2) is 29.8 Å². The van der Waals surface area contributed by atoms with Crippen LogP contribution in [0.25, 0.3) is 11.3 Å². The number of fused-ring (bicyclic) bond motifs is 1. The first-order valence-corrected chi connectivity index (χ1v) is 9.01. The topological polar surface area (TPSA) is 86.2 Å². The molecule has 1 aliphatic rings. The van der Waals surface area contributed by atoms with Crippen LogP contribution in [0, 0.1) is 6.92 Å². The van der Waals surface area contributed by atoms with Gasteiger partial charge in [0.1, 0.15) is 5.82 Å². The Kier molecular flexibility index (Phi) is 4.26. The lowest BCUT2D eigenvalue weighted by Crippen LogP contribution is -2.16. The van der Waals surface area contributed by atoms with Gasteiger partial charge in [-0.25, -0.2) is 15.0 Å². The maximum Gasteiger partial charge on any atom is 0.260 e. The third-order valence-electron chi connectivity index (χ3n) is 3.96. The Bertz CT molecular complexity index is 986. The molecule has 0 saturated heterocycles. The predicted octanol–water partition coefficient (Wildman–Crippen LogP) is 3.45. The van der Waals surface area contributed by atoms with Crippen molar-refractivity contribution >= 4 is 22.4 Å². The van der Waals surface area contributed by atoms with Gasteiger partial charge in [-0.3, -0.25) is 10.1 Å². The maximum atomic E-state index is 12.5. The molecule has 1 aromatic carbocycles. The molecular weight excluding hydrogens is 352 g/mol.